The number of halogens is 2. The summed E-state index contributed by atoms with van der Waals surface area (Å²) in [6, 6.07) is 11.1. The lowest BCUT2D eigenvalue weighted by atomic mass is 10.1. The largest absolute Gasteiger partial charge is 0.292 e. The first-order valence-corrected chi connectivity index (χ1v) is 8.07. The monoisotopic (exact) mass is 403 g/mol. The fraction of sp³-hybridized carbons (Fsp3) is 0.118. The van der Waals surface area contributed by atoms with Crippen molar-refractivity contribution in [3.05, 3.63) is 79.3 Å². The van der Waals surface area contributed by atoms with Gasteiger partial charge in [0, 0.05) is 20.6 Å². The van der Waals surface area contributed by atoms with Crippen molar-refractivity contribution >= 4 is 32.6 Å². The fourth-order valence-corrected chi connectivity index (χ4v) is 2.86. The standard InChI is InChI=1S/C17H11BrFN3O3/c18-11-6-5-10(14(19)7-11)9-22-17(24)13-4-2-1-3-12(13)15(20-22)8-16(23)21-25/h1-7H,8-9H2. The highest BCUT2D eigenvalue weighted by atomic mass is 79.9. The predicted molar refractivity (Wildman–Crippen MR) is 93.7 cm³/mol. The molecular formula is C17H11BrFN3O3. The van der Waals surface area contributed by atoms with Crippen molar-refractivity contribution in [2.75, 3.05) is 0 Å². The van der Waals surface area contributed by atoms with Crippen molar-refractivity contribution in [2.45, 2.75) is 13.0 Å². The molecule has 25 heavy (non-hydrogen) atoms. The summed E-state index contributed by atoms with van der Waals surface area (Å²) in [5, 5.41) is 7.33. The van der Waals surface area contributed by atoms with Gasteiger partial charge < -0.3 is 0 Å². The van der Waals surface area contributed by atoms with Gasteiger partial charge in [-0.3, -0.25) is 9.59 Å². The third kappa shape index (κ3) is 3.53. The molecule has 0 saturated carbocycles. The van der Waals surface area contributed by atoms with E-state index in [1.165, 1.54) is 6.07 Å². The SMILES string of the molecule is O=NC(=O)Cc1nn(Cc2ccc(Br)cc2F)c(=O)c2ccccc12. The zero-order valence-corrected chi connectivity index (χ0v) is 14.4. The van der Waals surface area contributed by atoms with Crippen LogP contribution in [0, 0.1) is 10.7 Å². The summed E-state index contributed by atoms with van der Waals surface area (Å²) in [7, 11) is 0. The molecule has 0 saturated heterocycles. The van der Waals surface area contributed by atoms with Crippen molar-refractivity contribution in [2.24, 2.45) is 5.18 Å². The van der Waals surface area contributed by atoms with E-state index in [9.17, 15) is 18.9 Å². The second-order valence-corrected chi connectivity index (χ2v) is 6.27. The Kier molecular flexibility index (Phi) is 4.80. The van der Waals surface area contributed by atoms with E-state index in [-0.39, 0.29) is 24.2 Å². The van der Waals surface area contributed by atoms with Gasteiger partial charge in [0.15, 0.2) is 0 Å². The van der Waals surface area contributed by atoms with Gasteiger partial charge in [-0.25, -0.2) is 9.07 Å². The van der Waals surface area contributed by atoms with Crippen LogP contribution in [0.3, 0.4) is 0 Å². The third-order valence-corrected chi connectivity index (χ3v) is 4.19. The van der Waals surface area contributed by atoms with Crippen LogP contribution in [0.4, 0.5) is 4.39 Å². The molecule has 3 aromatic rings. The molecule has 0 N–H and O–H groups in total. The average molecular weight is 404 g/mol. The van der Waals surface area contributed by atoms with E-state index >= 15 is 0 Å². The number of nitroso groups, excluding NO2 is 1. The summed E-state index contributed by atoms with van der Waals surface area (Å²) >= 11 is 3.17. The molecule has 0 bridgehead atoms. The summed E-state index contributed by atoms with van der Waals surface area (Å²) in [4.78, 5) is 34.4. The van der Waals surface area contributed by atoms with E-state index in [1.807, 2.05) is 0 Å². The quantitative estimate of drug-likeness (QED) is 0.626. The van der Waals surface area contributed by atoms with Gasteiger partial charge in [-0.1, -0.05) is 40.2 Å². The van der Waals surface area contributed by atoms with Gasteiger partial charge in [-0.2, -0.15) is 5.10 Å². The zero-order valence-electron chi connectivity index (χ0n) is 12.8. The number of aromatic nitrogens is 2. The number of carbonyl (C=O) groups excluding carboxylic acids is 1. The maximum atomic E-state index is 14.1. The first-order chi connectivity index (χ1) is 12.0. The Morgan fingerprint density at radius 3 is 2.60 bits per heavy atom. The van der Waals surface area contributed by atoms with Crippen LogP contribution in [-0.2, 0) is 17.8 Å². The second kappa shape index (κ2) is 7.02. The normalized spacial score (nSPS) is 10.8. The van der Waals surface area contributed by atoms with E-state index < -0.39 is 17.3 Å². The predicted octanol–water partition coefficient (Wildman–Crippen LogP) is 3.18. The molecule has 0 atom stereocenters. The van der Waals surface area contributed by atoms with Crippen LogP contribution in [0.15, 0.2) is 56.9 Å². The second-order valence-electron chi connectivity index (χ2n) is 5.35. The number of nitrogens with zero attached hydrogens (tertiary/aromatic N) is 3. The Labute approximate surface area is 149 Å². The first kappa shape index (κ1) is 17.1. The lowest BCUT2D eigenvalue weighted by molar-refractivity contribution is -0.117. The van der Waals surface area contributed by atoms with E-state index in [0.29, 0.717) is 15.2 Å². The fourth-order valence-electron chi connectivity index (χ4n) is 2.53. The molecule has 2 aromatic carbocycles. The summed E-state index contributed by atoms with van der Waals surface area (Å²) < 4.78 is 15.7. The van der Waals surface area contributed by atoms with E-state index in [2.05, 4.69) is 26.2 Å². The molecule has 0 radical (unpaired) electrons. The molecule has 3 rings (SSSR count). The van der Waals surface area contributed by atoms with Gasteiger partial charge in [-0.05, 0) is 18.2 Å². The Morgan fingerprint density at radius 1 is 1.20 bits per heavy atom. The molecule has 8 heteroatoms. The Morgan fingerprint density at radius 2 is 1.92 bits per heavy atom. The molecule has 1 aromatic heterocycles. The van der Waals surface area contributed by atoms with Crippen LogP contribution in [0.1, 0.15) is 11.3 Å². The number of hydrogen-bond acceptors (Lipinski definition) is 4. The summed E-state index contributed by atoms with van der Waals surface area (Å²) in [5.74, 6) is -1.37. The summed E-state index contributed by atoms with van der Waals surface area (Å²) in [5.41, 5.74) is 0.115. The Bertz CT molecular complexity index is 1050. The highest BCUT2D eigenvalue weighted by Crippen LogP contribution is 2.18. The number of rotatable bonds is 4. The lowest BCUT2D eigenvalue weighted by Gasteiger charge is -2.11. The molecule has 6 nitrogen and oxygen atoms in total. The maximum Gasteiger partial charge on any atom is 0.292 e. The van der Waals surface area contributed by atoms with Gasteiger partial charge in [-0.15, -0.1) is 4.91 Å². The minimum Gasteiger partial charge on any atom is -0.269 e. The highest BCUT2D eigenvalue weighted by molar-refractivity contribution is 9.10. The minimum absolute atomic E-state index is 0.0987. The van der Waals surface area contributed by atoms with Crippen molar-refractivity contribution in [3.63, 3.8) is 0 Å². The molecular weight excluding hydrogens is 393 g/mol. The Balaban J connectivity index is 2.14. The maximum absolute atomic E-state index is 14.1. The average Bonchev–Trinajstić information content (AvgIpc) is 2.61. The van der Waals surface area contributed by atoms with Gasteiger partial charge >= 0.3 is 0 Å². The number of amides is 1. The van der Waals surface area contributed by atoms with E-state index in [0.717, 1.165) is 4.68 Å². The number of carbonyl (C=O) groups is 1. The first-order valence-electron chi connectivity index (χ1n) is 7.28. The molecule has 1 heterocycles. The number of benzene rings is 2. The van der Waals surface area contributed by atoms with E-state index in [4.69, 9.17) is 0 Å². The van der Waals surface area contributed by atoms with Crippen LogP contribution in [0.25, 0.3) is 10.8 Å². The Hall–Kier alpha value is -2.74. The van der Waals surface area contributed by atoms with Crippen molar-refractivity contribution in [3.8, 4) is 0 Å². The third-order valence-electron chi connectivity index (χ3n) is 3.70. The molecule has 0 spiro atoms. The smallest absolute Gasteiger partial charge is 0.269 e. The van der Waals surface area contributed by atoms with Crippen LogP contribution in [0.2, 0.25) is 0 Å². The molecule has 0 fully saturated rings. The lowest BCUT2D eigenvalue weighted by Crippen LogP contribution is -2.26. The molecule has 0 aliphatic rings. The zero-order chi connectivity index (χ0) is 18.0. The topological polar surface area (TPSA) is 81.4 Å². The number of hydrogen-bond donors (Lipinski definition) is 0. The summed E-state index contributed by atoms with van der Waals surface area (Å²) in [6.07, 6.45) is -0.326. The van der Waals surface area contributed by atoms with Crippen LogP contribution in [0.5, 0.6) is 0 Å². The molecule has 126 valence electrons. The molecule has 1 amide bonds. The molecule has 0 aliphatic carbocycles. The minimum atomic E-state index is -0.891. The van der Waals surface area contributed by atoms with Gasteiger partial charge in [0.2, 0.25) is 0 Å². The van der Waals surface area contributed by atoms with E-state index in [1.54, 1.807) is 36.4 Å². The summed E-state index contributed by atoms with van der Waals surface area (Å²) in [6.45, 7) is -0.0987. The van der Waals surface area contributed by atoms with Crippen molar-refractivity contribution < 1.29 is 9.18 Å². The van der Waals surface area contributed by atoms with Crippen molar-refractivity contribution in [1.82, 2.24) is 9.78 Å². The van der Waals surface area contributed by atoms with Gasteiger partial charge in [0.25, 0.3) is 11.5 Å². The van der Waals surface area contributed by atoms with Crippen molar-refractivity contribution in [1.29, 1.82) is 0 Å². The number of fused-ring (bicyclic) bond motifs is 1. The molecule has 0 aliphatic heterocycles. The molecule has 0 unspecified atom stereocenters. The van der Waals surface area contributed by atoms with Gasteiger partial charge in [0.05, 0.1) is 24.0 Å². The van der Waals surface area contributed by atoms with Crippen LogP contribution in [-0.4, -0.2) is 15.7 Å². The van der Waals surface area contributed by atoms with Gasteiger partial charge in [0.1, 0.15) is 5.82 Å². The van der Waals surface area contributed by atoms with Crippen LogP contribution < -0.4 is 5.56 Å². The van der Waals surface area contributed by atoms with Crippen LogP contribution >= 0.6 is 15.9 Å². The highest BCUT2D eigenvalue weighted by Gasteiger charge is 2.15.